The van der Waals surface area contributed by atoms with Crippen molar-refractivity contribution >= 4 is 11.8 Å². The van der Waals surface area contributed by atoms with Crippen LogP contribution in [0.2, 0.25) is 0 Å². The first-order valence-corrected chi connectivity index (χ1v) is 5.66. The highest BCUT2D eigenvalue weighted by Gasteiger charge is 2.08. The molecular formula is C14H16O5. The third-order valence-corrected chi connectivity index (χ3v) is 2.40. The average molecular weight is 264 g/mol. The number of carboxylic acid groups (broad SMARTS) is 1. The second-order valence-electron chi connectivity index (χ2n) is 4.04. The van der Waals surface area contributed by atoms with Crippen LogP contribution in [0.3, 0.4) is 0 Å². The van der Waals surface area contributed by atoms with E-state index in [-0.39, 0.29) is 12.4 Å². The van der Waals surface area contributed by atoms with Crippen molar-refractivity contribution < 1.29 is 24.2 Å². The lowest BCUT2D eigenvalue weighted by Crippen LogP contribution is -2.03. The van der Waals surface area contributed by atoms with Crippen molar-refractivity contribution in [2.75, 3.05) is 13.7 Å². The van der Waals surface area contributed by atoms with Gasteiger partial charge in [0.05, 0.1) is 7.11 Å². The van der Waals surface area contributed by atoms with Gasteiger partial charge in [0.1, 0.15) is 6.61 Å². The van der Waals surface area contributed by atoms with E-state index in [4.69, 9.17) is 14.6 Å². The number of Topliss-reactive ketones (excluding diaryl/α,β-unsaturated/α-hetero) is 1. The first kappa shape index (κ1) is 14.8. The molecule has 0 amide bonds. The summed E-state index contributed by atoms with van der Waals surface area (Å²) in [4.78, 5) is 21.7. The molecule has 0 aliphatic heterocycles. The molecule has 0 radical (unpaired) electrons. The first-order valence-electron chi connectivity index (χ1n) is 5.66. The minimum absolute atomic E-state index is 0.0631. The van der Waals surface area contributed by atoms with Crippen LogP contribution in [0.15, 0.2) is 29.8 Å². The van der Waals surface area contributed by atoms with Gasteiger partial charge in [0.2, 0.25) is 0 Å². The lowest BCUT2D eigenvalue weighted by molar-refractivity contribution is -0.131. The van der Waals surface area contributed by atoms with Gasteiger partial charge in [-0.3, -0.25) is 4.79 Å². The number of aliphatic carboxylic acids is 1. The van der Waals surface area contributed by atoms with Gasteiger partial charge in [0.25, 0.3) is 0 Å². The monoisotopic (exact) mass is 264 g/mol. The summed E-state index contributed by atoms with van der Waals surface area (Å²) in [7, 11) is 1.48. The van der Waals surface area contributed by atoms with Crippen molar-refractivity contribution in [2.24, 2.45) is 0 Å². The number of ketones is 1. The maximum absolute atomic E-state index is 11.2. The number of hydrogen-bond acceptors (Lipinski definition) is 4. The van der Waals surface area contributed by atoms with Crippen molar-refractivity contribution in [3.8, 4) is 11.5 Å². The maximum Gasteiger partial charge on any atom is 0.328 e. The van der Waals surface area contributed by atoms with Crippen LogP contribution < -0.4 is 9.47 Å². The predicted molar refractivity (Wildman–Crippen MR) is 69.9 cm³/mol. The summed E-state index contributed by atoms with van der Waals surface area (Å²) in [6, 6.07) is 4.86. The van der Waals surface area contributed by atoms with E-state index >= 15 is 0 Å². The van der Waals surface area contributed by atoms with Crippen LogP contribution in [0, 0.1) is 0 Å². The molecule has 0 saturated carbocycles. The third-order valence-electron chi connectivity index (χ3n) is 2.40. The Balaban J connectivity index is 2.84. The molecule has 1 N–H and O–H groups in total. The van der Waals surface area contributed by atoms with Gasteiger partial charge in [-0.05, 0) is 37.6 Å². The highest BCUT2D eigenvalue weighted by Crippen LogP contribution is 2.28. The van der Waals surface area contributed by atoms with Gasteiger partial charge in [-0.2, -0.15) is 0 Å². The Morgan fingerprint density at radius 1 is 1.26 bits per heavy atom. The number of benzene rings is 1. The fraction of sp³-hybridized carbons (Fsp3) is 0.286. The molecule has 1 aromatic rings. The summed E-state index contributed by atoms with van der Waals surface area (Å²) in [5.74, 6) is -0.173. The fourth-order valence-electron chi connectivity index (χ4n) is 1.45. The van der Waals surface area contributed by atoms with Gasteiger partial charge in [-0.25, -0.2) is 4.79 Å². The molecule has 5 nitrogen and oxygen atoms in total. The number of ether oxygens (including phenoxy) is 2. The van der Waals surface area contributed by atoms with Crippen LogP contribution >= 0.6 is 0 Å². The summed E-state index contributed by atoms with van der Waals surface area (Å²) in [5, 5.41) is 8.59. The van der Waals surface area contributed by atoms with E-state index in [9.17, 15) is 9.59 Å². The van der Waals surface area contributed by atoms with E-state index in [1.54, 1.807) is 25.1 Å². The van der Waals surface area contributed by atoms with E-state index in [1.807, 2.05) is 0 Å². The van der Waals surface area contributed by atoms with Crippen LogP contribution in [0.5, 0.6) is 11.5 Å². The molecule has 5 heteroatoms. The average Bonchev–Trinajstić information content (AvgIpc) is 2.35. The Morgan fingerprint density at radius 2 is 1.95 bits per heavy atom. The normalized spacial score (nSPS) is 11.0. The second kappa shape index (κ2) is 6.58. The van der Waals surface area contributed by atoms with Gasteiger partial charge in [0.15, 0.2) is 17.3 Å². The second-order valence-corrected chi connectivity index (χ2v) is 4.04. The Hall–Kier alpha value is -2.30. The molecule has 102 valence electrons. The number of methoxy groups -OCH3 is 1. The topological polar surface area (TPSA) is 72.8 Å². The molecule has 0 aliphatic carbocycles. The van der Waals surface area contributed by atoms with Crippen LogP contribution in [0.1, 0.15) is 24.2 Å². The molecule has 0 bridgehead atoms. The Kier molecular flexibility index (Phi) is 5.11. The van der Waals surface area contributed by atoms with Gasteiger partial charge in [-0.1, -0.05) is 0 Å². The number of rotatable bonds is 6. The molecular weight excluding hydrogens is 248 g/mol. The van der Waals surface area contributed by atoms with Gasteiger partial charge in [0, 0.05) is 11.6 Å². The van der Waals surface area contributed by atoms with Crippen molar-refractivity contribution in [1.82, 2.24) is 0 Å². The molecule has 0 spiro atoms. The molecule has 0 heterocycles. The van der Waals surface area contributed by atoms with E-state index in [2.05, 4.69) is 0 Å². The summed E-state index contributed by atoms with van der Waals surface area (Å²) >= 11 is 0. The largest absolute Gasteiger partial charge is 0.493 e. The lowest BCUT2D eigenvalue weighted by Gasteiger charge is -2.11. The molecule has 0 atom stereocenters. The molecule has 0 fully saturated rings. The van der Waals surface area contributed by atoms with Crippen LogP contribution in [0.25, 0.3) is 0 Å². The van der Waals surface area contributed by atoms with Gasteiger partial charge < -0.3 is 14.6 Å². The molecule has 19 heavy (non-hydrogen) atoms. The quantitative estimate of drug-likeness (QED) is 0.630. The van der Waals surface area contributed by atoms with E-state index < -0.39 is 5.97 Å². The molecule has 0 unspecified atom stereocenters. The molecule has 0 aliphatic rings. The van der Waals surface area contributed by atoms with Crippen molar-refractivity contribution in [2.45, 2.75) is 13.8 Å². The summed E-state index contributed by atoms with van der Waals surface area (Å²) in [6.45, 7) is 3.27. The maximum atomic E-state index is 11.2. The number of hydrogen-bond donors (Lipinski definition) is 1. The van der Waals surface area contributed by atoms with Gasteiger partial charge >= 0.3 is 5.97 Å². The zero-order valence-corrected chi connectivity index (χ0v) is 11.1. The predicted octanol–water partition coefficient (Wildman–Crippen LogP) is 2.31. The van der Waals surface area contributed by atoms with Crippen LogP contribution in [-0.4, -0.2) is 30.6 Å². The van der Waals surface area contributed by atoms with Crippen molar-refractivity contribution in [3.05, 3.63) is 35.4 Å². The molecule has 1 rings (SSSR count). The van der Waals surface area contributed by atoms with Crippen molar-refractivity contribution in [3.63, 3.8) is 0 Å². The highest BCUT2D eigenvalue weighted by atomic mass is 16.5. The smallest absolute Gasteiger partial charge is 0.328 e. The van der Waals surface area contributed by atoms with E-state index in [1.165, 1.54) is 14.0 Å². The zero-order valence-electron chi connectivity index (χ0n) is 11.1. The number of carbonyl (C=O) groups is 2. The summed E-state index contributed by atoms with van der Waals surface area (Å²) in [6.07, 6.45) is 1.08. The molecule has 0 aromatic heterocycles. The minimum Gasteiger partial charge on any atom is -0.493 e. The van der Waals surface area contributed by atoms with E-state index in [0.29, 0.717) is 22.6 Å². The van der Waals surface area contributed by atoms with Gasteiger partial charge in [-0.15, -0.1) is 0 Å². The van der Waals surface area contributed by atoms with E-state index in [0.717, 1.165) is 6.08 Å². The summed E-state index contributed by atoms with van der Waals surface area (Å²) in [5.41, 5.74) is 1.10. The zero-order chi connectivity index (χ0) is 14.4. The number of carbonyl (C=O) groups excluding carboxylic acids is 1. The Morgan fingerprint density at radius 3 is 2.47 bits per heavy atom. The Bertz CT molecular complexity index is 517. The van der Waals surface area contributed by atoms with Crippen LogP contribution in [-0.2, 0) is 4.79 Å². The molecule has 1 aromatic carbocycles. The first-order chi connectivity index (χ1) is 8.93. The highest BCUT2D eigenvalue weighted by molar-refractivity contribution is 5.94. The van der Waals surface area contributed by atoms with Crippen LogP contribution in [0.4, 0.5) is 0 Å². The Labute approximate surface area is 111 Å². The number of carboxylic acids is 1. The summed E-state index contributed by atoms with van der Waals surface area (Å²) < 4.78 is 10.6. The van der Waals surface area contributed by atoms with Crippen molar-refractivity contribution in [1.29, 1.82) is 0 Å². The minimum atomic E-state index is -1.01. The fourth-order valence-corrected chi connectivity index (χ4v) is 1.45. The third kappa shape index (κ3) is 4.46. The lowest BCUT2D eigenvalue weighted by atomic mass is 10.1. The standard InChI is InChI=1S/C14H16O5/c1-9(6-14(16)17)8-19-12-5-4-11(10(2)15)7-13(12)18-3/h4-7H,8H2,1-3H3,(H,16,17). The molecule has 0 saturated heterocycles. The SMILES string of the molecule is COc1cc(C(C)=O)ccc1OCC(C)=CC(=O)O.